The van der Waals surface area contributed by atoms with Gasteiger partial charge in [-0.05, 0) is 58.5 Å². The van der Waals surface area contributed by atoms with Gasteiger partial charge >= 0.3 is 0 Å². The lowest BCUT2D eigenvalue weighted by molar-refractivity contribution is 0.0464. The summed E-state index contributed by atoms with van der Waals surface area (Å²) in [5, 5.41) is 4.00. The monoisotopic (exact) mass is 266 g/mol. The fourth-order valence-electron chi connectivity index (χ4n) is 4.53. The van der Waals surface area contributed by atoms with Gasteiger partial charge in [-0.15, -0.1) is 0 Å². The maximum atomic E-state index is 5.88. The molecule has 3 aliphatic rings. The lowest BCUT2D eigenvalue weighted by atomic mass is 9.81. The van der Waals surface area contributed by atoms with E-state index >= 15 is 0 Å². The molecule has 3 rings (SSSR count). The van der Waals surface area contributed by atoms with Crippen molar-refractivity contribution >= 4 is 0 Å². The summed E-state index contributed by atoms with van der Waals surface area (Å²) in [7, 11) is 0. The average molecular weight is 266 g/mol. The van der Waals surface area contributed by atoms with Crippen LogP contribution in [0, 0.1) is 5.92 Å². The second-order valence-corrected chi connectivity index (χ2v) is 6.76. The van der Waals surface area contributed by atoms with Crippen LogP contribution in [0.1, 0.15) is 52.4 Å². The molecule has 0 aromatic heterocycles. The van der Waals surface area contributed by atoms with E-state index in [0.717, 1.165) is 30.7 Å². The highest BCUT2D eigenvalue weighted by molar-refractivity contribution is 4.93. The summed E-state index contributed by atoms with van der Waals surface area (Å²) < 4.78 is 5.88. The van der Waals surface area contributed by atoms with E-state index in [1.807, 2.05) is 0 Å². The number of ether oxygens (including phenoxy) is 1. The van der Waals surface area contributed by atoms with Crippen LogP contribution in [-0.2, 0) is 4.74 Å². The molecular weight excluding hydrogens is 236 g/mol. The fraction of sp³-hybridized carbons (Fsp3) is 1.00. The molecule has 0 aromatic rings. The standard InChI is InChI=1S/C16H30N2O/c1-3-18-9-7-13(11-12(18)2)17-15-5-4-6-16-14(15)8-10-19-16/h12-17H,3-11H2,1-2H3/t12-,13-,14+,15+,16-/m0/s1. The maximum absolute atomic E-state index is 5.88. The minimum absolute atomic E-state index is 0.569. The zero-order valence-corrected chi connectivity index (χ0v) is 12.6. The number of likely N-dealkylation sites (tertiary alicyclic amines) is 1. The van der Waals surface area contributed by atoms with Crippen molar-refractivity contribution in [2.24, 2.45) is 5.92 Å². The van der Waals surface area contributed by atoms with E-state index < -0.39 is 0 Å². The molecule has 0 amide bonds. The highest BCUT2D eigenvalue weighted by atomic mass is 16.5. The van der Waals surface area contributed by atoms with E-state index in [1.165, 1.54) is 51.6 Å². The smallest absolute Gasteiger partial charge is 0.0619 e. The van der Waals surface area contributed by atoms with Crippen molar-refractivity contribution in [1.29, 1.82) is 0 Å². The van der Waals surface area contributed by atoms with Crippen LogP contribution in [0.5, 0.6) is 0 Å². The number of hydrogen-bond acceptors (Lipinski definition) is 3. The van der Waals surface area contributed by atoms with Gasteiger partial charge in [0.25, 0.3) is 0 Å². The number of nitrogens with zero attached hydrogens (tertiary/aromatic N) is 1. The van der Waals surface area contributed by atoms with Crippen LogP contribution in [-0.4, -0.2) is 48.8 Å². The Morgan fingerprint density at radius 1 is 1.21 bits per heavy atom. The second kappa shape index (κ2) is 6.11. The van der Waals surface area contributed by atoms with Crippen LogP contribution < -0.4 is 5.32 Å². The van der Waals surface area contributed by atoms with Gasteiger partial charge in [-0.2, -0.15) is 0 Å². The molecule has 0 radical (unpaired) electrons. The number of piperidine rings is 1. The Labute approximate surface area is 118 Å². The molecule has 2 saturated heterocycles. The Morgan fingerprint density at radius 2 is 2.11 bits per heavy atom. The highest BCUT2D eigenvalue weighted by Crippen LogP contribution is 2.35. The van der Waals surface area contributed by atoms with Gasteiger partial charge in [-0.25, -0.2) is 0 Å². The van der Waals surface area contributed by atoms with Crippen molar-refractivity contribution in [1.82, 2.24) is 10.2 Å². The van der Waals surface area contributed by atoms with Gasteiger partial charge in [-0.1, -0.05) is 6.92 Å². The van der Waals surface area contributed by atoms with Gasteiger partial charge in [0.15, 0.2) is 0 Å². The van der Waals surface area contributed by atoms with Gasteiger partial charge in [0, 0.05) is 30.7 Å². The van der Waals surface area contributed by atoms with Crippen LogP contribution in [0.25, 0.3) is 0 Å². The van der Waals surface area contributed by atoms with Crippen LogP contribution in [0.4, 0.5) is 0 Å². The summed E-state index contributed by atoms with van der Waals surface area (Å²) in [6, 6.07) is 2.21. The topological polar surface area (TPSA) is 24.5 Å². The molecule has 5 atom stereocenters. The van der Waals surface area contributed by atoms with E-state index in [9.17, 15) is 0 Å². The van der Waals surface area contributed by atoms with Crippen molar-refractivity contribution in [3.63, 3.8) is 0 Å². The highest BCUT2D eigenvalue weighted by Gasteiger charge is 2.38. The summed E-state index contributed by atoms with van der Waals surface area (Å²) in [6.45, 7) is 8.15. The molecule has 1 aliphatic carbocycles. The largest absolute Gasteiger partial charge is 0.378 e. The van der Waals surface area contributed by atoms with Gasteiger partial charge in [0.1, 0.15) is 0 Å². The summed E-state index contributed by atoms with van der Waals surface area (Å²) in [6.07, 6.45) is 8.52. The summed E-state index contributed by atoms with van der Waals surface area (Å²) in [4.78, 5) is 2.61. The predicted molar refractivity (Wildman–Crippen MR) is 78.4 cm³/mol. The molecule has 3 fully saturated rings. The molecule has 0 unspecified atom stereocenters. The predicted octanol–water partition coefficient (Wildman–Crippen LogP) is 2.41. The van der Waals surface area contributed by atoms with Crippen LogP contribution >= 0.6 is 0 Å². The Bertz CT molecular complexity index is 296. The van der Waals surface area contributed by atoms with E-state index in [4.69, 9.17) is 4.74 Å². The van der Waals surface area contributed by atoms with Crippen LogP contribution in [0.2, 0.25) is 0 Å². The Balaban J connectivity index is 1.53. The first-order valence-electron chi connectivity index (χ1n) is 8.39. The third-order valence-corrected chi connectivity index (χ3v) is 5.65. The third kappa shape index (κ3) is 2.98. The van der Waals surface area contributed by atoms with E-state index in [2.05, 4.69) is 24.1 Å². The zero-order valence-electron chi connectivity index (χ0n) is 12.6. The minimum Gasteiger partial charge on any atom is -0.378 e. The third-order valence-electron chi connectivity index (χ3n) is 5.65. The Hall–Kier alpha value is -0.120. The quantitative estimate of drug-likeness (QED) is 0.849. The molecule has 1 N–H and O–H groups in total. The fourth-order valence-corrected chi connectivity index (χ4v) is 4.53. The van der Waals surface area contributed by atoms with Gasteiger partial charge in [0.2, 0.25) is 0 Å². The van der Waals surface area contributed by atoms with Crippen molar-refractivity contribution in [2.75, 3.05) is 19.7 Å². The summed E-state index contributed by atoms with van der Waals surface area (Å²) in [5.74, 6) is 0.799. The maximum Gasteiger partial charge on any atom is 0.0619 e. The summed E-state index contributed by atoms with van der Waals surface area (Å²) >= 11 is 0. The van der Waals surface area contributed by atoms with Crippen LogP contribution in [0.15, 0.2) is 0 Å². The Kier molecular flexibility index (Phi) is 4.45. The van der Waals surface area contributed by atoms with Crippen LogP contribution in [0.3, 0.4) is 0 Å². The lowest BCUT2D eigenvalue weighted by Gasteiger charge is -2.41. The van der Waals surface area contributed by atoms with Gasteiger partial charge < -0.3 is 15.0 Å². The van der Waals surface area contributed by atoms with Crippen molar-refractivity contribution in [3.05, 3.63) is 0 Å². The minimum atomic E-state index is 0.569. The number of fused-ring (bicyclic) bond motifs is 1. The number of nitrogens with one attached hydrogen (secondary N) is 1. The van der Waals surface area contributed by atoms with Crippen molar-refractivity contribution in [2.45, 2.75) is 76.6 Å². The lowest BCUT2D eigenvalue weighted by Crippen LogP contribution is -2.53. The molecule has 0 bridgehead atoms. The molecular formula is C16H30N2O. The van der Waals surface area contributed by atoms with E-state index in [-0.39, 0.29) is 0 Å². The molecule has 2 aliphatic heterocycles. The van der Waals surface area contributed by atoms with Crippen molar-refractivity contribution < 1.29 is 4.74 Å². The van der Waals surface area contributed by atoms with Gasteiger partial charge in [0.05, 0.1) is 6.10 Å². The van der Waals surface area contributed by atoms with E-state index in [0.29, 0.717) is 6.10 Å². The first-order valence-corrected chi connectivity index (χ1v) is 8.39. The SMILES string of the molecule is CCN1CC[C@H](N[C@@H]2CCC[C@@H]3OCC[C@@H]32)C[C@@H]1C. The normalized spacial score (nSPS) is 44.2. The molecule has 3 nitrogen and oxygen atoms in total. The summed E-state index contributed by atoms with van der Waals surface area (Å²) in [5.41, 5.74) is 0. The number of hydrogen-bond donors (Lipinski definition) is 1. The molecule has 2 heterocycles. The Morgan fingerprint density at radius 3 is 2.89 bits per heavy atom. The molecule has 0 aromatic carbocycles. The molecule has 110 valence electrons. The first kappa shape index (κ1) is 13.8. The van der Waals surface area contributed by atoms with E-state index in [1.54, 1.807) is 0 Å². The molecule has 1 saturated carbocycles. The molecule has 19 heavy (non-hydrogen) atoms. The molecule has 3 heteroatoms. The molecule has 0 spiro atoms. The van der Waals surface area contributed by atoms with Gasteiger partial charge in [-0.3, -0.25) is 0 Å². The number of rotatable bonds is 3. The second-order valence-electron chi connectivity index (χ2n) is 6.76. The zero-order chi connectivity index (χ0) is 13.2. The first-order chi connectivity index (χ1) is 9.28. The van der Waals surface area contributed by atoms with Crippen molar-refractivity contribution in [3.8, 4) is 0 Å². The average Bonchev–Trinajstić information content (AvgIpc) is 2.88.